The van der Waals surface area contributed by atoms with Crippen molar-refractivity contribution in [3.05, 3.63) is 89.1 Å². The Hall–Kier alpha value is -3.41. The lowest BCUT2D eigenvalue weighted by atomic mass is 9.94. The number of halogens is 2. The fraction of sp³-hybridized carbons (Fsp3) is 0.0952. The van der Waals surface area contributed by atoms with E-state index in [9.17, 15) is 18.7 Å². The molecule has 0 atom stereocenters. The molecule has 1 N–H and O–H groups in total. The van der Waals surface area contributed by atoms with E-state index in [1.54, 1.807) is 24.3 Å². The van der Waals surface area contributed by atoms with Crippen LogP contribution in [0.2, 0.25) is 0 Å². The summed E-state index contributed by atoms with van der Waals surface area (Å²) in [4.78, 5) is 19.5. The highest BCUT2D eigenvalue weighted by atomic mass is 19.1. The van der Waals surface area contributed by atoms with Gasteiger partial charge < -0.3 is 5.11 Å². The van der Waals surface area contributed by atoms with Crippen molar-refractivity contribution < 1.29 is 18.7 Å². The first-order valence-corrected chi connectivity index (χ1v) is 8.18. The largest absolute Gasteiger partial charge is 0.477 e. The zero-order chi connectivity index (χ0) is 19.4. The lowest BCUT2D eigenvalue weighted by Gasteiger charge is -2.16. The van der Waals surface area contributed by atoms with E-state index < -0.39 is 5.97 Å². The van der Waals surface area contributed by atoms with Gasteiger partial charge in [-0.1, -0.05) is 12.1 Å². The van der Waals surface area contributed by atoms with Crippen LogP contribution in [0, 0.1) is 11.6 Å². The monoisotopic (exact) mass is 366 g/mol. The Balaban J connectivity index is 2.08. The fourth-order valence-electron chi connectivity index (χ4n) is 2.72. The second kappa shape index (κ2) is 7.86. The number of aliphatic carboxylic acids is 1. The summed E-state index contributed by atoms with van der Waals surface area (Å²) in [5.74, 6) is -1.86. The molecule has 0 amide bonds. The minimum Gasteiger partial charge on any atom is -0.477 e. The highest BCUT2D eigenvalue weighted by Gasteiger charge is 2.16. The Kier molecular flexibility index (Phi) is 5.35. The van der Waals surface area contributed by atoms with Crippen molar-refractivity contribution in [3.63, 3.8) is 0 Å². The predicted molar refractivity (Wildman–Crippen MR) is 101 cm³/mol. The smallest absolute Gasteiger partial charge is 0.354 e. The molecule has 0 spiro atoms. The molecule has 6 heteroatoms. The number of allylic oxidation sites excluding steroid dienone is 2. The summed E-state index contributed by atoms with van der Waals surface area (Å²) >= 11 is 0. The van der Waals surface area contributed by atoms with Crippen LogP contribution in [0.3, 0.4) is 0 Å². The van der Waals surface area contributed by atoms with Gasteiger partial charge in [-0.3, -0.25) is 9.98 Å². The Morgan fingerprint density at radius 2 is 1.59 bits per heavy atom. The minimum absolute atomic E-state index is 0.118. The van der Waals surface area contributed by atoms with Gasteiger partial charge in [0.2, 0.25) is 0 Å². The molecule has 2 aromatic rings. The number of nitrogens with zero attached hydrogens (tertiary/aromatic N) is 2. The first-order chi connectivity index (χ1) is 13.0. The zero-order valence-electron chi connectivity index (χ0n) is 14.5. The lowest BCUT2D eigenvalue weighted by molar-refractivity contribution is -0.129. The van der Waals surface area contributed by atoms with Crippen molar-refractivity contribution >= 4 is 23.0 Å². The summed E-state index contributed by atoms with van der Waals surface area (Å²) in [6.45, 7) is 0. The van der Waals surface area contributed by atoms with E-state index in [4.69, 9.17) is 0 Å². The molecule has 4 nitrogen and oxygen atoms in total. The van der Waals surface area contributed by atoms with Crippen LogP contribution in [0.25, 0.3) is 5.57 Å². The molecule has 0 saturated carbocycles. The molecule has 0 aliphatic carbocycles. The summed E-state index contributed by atoms with van der Waals surface area (Å²) in [5, 5.41) is 9.21. The van der Waals surface area contributed by atoms with Gasteiger partial charge in [0.1, 0.15) is 17.3 Å². The molecule has 136 valence electrons. The van der Waals surface area contributed by atoms with Crippen LogP contribution in [-0.2, 0) is 4.79 Å². The van der Waals surface area contributed by atoms with Crippen LogP contribution in [0.5, 0.6) is 0 Å². The SMILES string of the molecule is C/N=C(\C=C1/CC(c2ccc(F)cc2)=CC(c2ccc(F)cc2)=N1)C(=O)O. The van der Waals surface area contributed by atoms with E-state index in [0.29, 0.717) is 23.4 Å². The molecular weight excluding hydrogens is 350 g/mol. The van der Waals surface area contributed by atoms with E-state index in [0.717, 1.165) is 11.1 Å². The van der Waals surface area contributed by atoms with Gasteiger partial charge in [0.25, 0.3) is 0 Å². The fourth-order valence-corrected chi connectivity index (χ4v) is 2.72. The predicted octanol–water partition coefficient (Wildman–Crippen LogP) is 4.28. The lowest BCUT2D eigenvalue weighted by Crippen LogP contribution is -2.12. The molecule has 1 aliphatic heterocycles. The molecule has 0 radical (unpaired) electrons. The Morgan fingerprint density at radius 1 is 1.04 bits per heavy atom. The van der Waals surface area contributed by atoms with Crippen LogP contribution in [-0.4, -0.2) is 29.5 Å². The molecule has 1 aliphatic rings. The molecule has 1 heterocycles. The highest BCUT2D eigenvalue weighted by molar-refractivity contribution is 6.40. The molecule has 0 saturated heterocycles. The highest BCUT2D eigenvalue weighted by Crippen LogP contribution is 2.29. The van der Waals surface area contributed by atoms with E-state index in [1.165, 1.54) is 37.4 Å². The van der Waals surface area contributed by atoms with Gasteiger partial charge in [-0.15, -0.1) is 0 Å². The van der Waals surface area contributed by atoms with Gasteiger partial charge >= 0.3 is 5.97 Å². The summed E-state index contributed by atoms with van der Waals surface area (Å²) in [7, 11) is 1.39. The molecule has 0 aromatic heterocycles. The first-order valence-electron chi connectivity index (χ1n) is 8.18. The van der Waals surface area contributed by atoms with Crippen LogP contribution >= 0.6 is 0 Å². The van der Waals surface area contributed by atoms with Crippen molar-refractivity contribution in [1.82, 2.24) is 0 Å². The number of carboxylic acids is 1. The van der Waals surface area contributed by atoms with Gasteiger partial charge in [0.05, 0.1) is 5.71 Å². The van der Waals surface area contributed by atoms with Crippen molar-refractivity contribution in [3.8, 4) is 0 Å². The number of dihydropyridines is 1. The summed E-state index contributed by atoms with van der Waals surface area (Å²) in [6.07, 6.45) is 3.60. The number of benzene rings is 2. The number of aliphatic imine (C=N–C) groups is 2. The number of rotatable bonds is 4. The van der Waals surface area contributed by atoms with Crippen LogP contribution in [0.4, 0.5) is 8.78 Å². The minimum atomic E-state index is -1.15. The maximum atomic E-state index is 13.2. The Morgan fingerprint density at radius 3 is 2.11 bits per heavy atom. The van der Waals surface area contributed by atoms with E-state index in [2.05, 4.69) is 9.98 Å². The van der Waals surface area contributed by atoms with Crippen LogP contribution in [0.15, 0.2) is 76.4 Å². The zero-order valence-corrected chi connectivity index (χ0v) is 14.5. The second-order valence-corrected chi connectivity index (χ2v) is 5.91. The topological polar surface area (TPSA) is 62.0 Å². The number of carboxylic acid groups (broad SMARTS) is 1. The van der Waals surface area contributed by atoms with Gasteiger partial charge in [-0.05, 0) is 59.7 Å². The first kappa shape index (κ1) is 18.4. The van der Waals surface area contributed by atoms with Crippen molar-refractivity contribution in [1.29, 1.82) is 0 Å². The Labute approximate surface area is 154 Å². The molecular formula is C21H16F2N2O2. The van der Waals surface area contributed by atoms with Gasteiger partial charge in [0, 0.05) is 24.7 Å². The number of carbonyl (C=O) groups is 1. The molecule has 2 aromatic carbocycles. The van der Waals surface area contributed by atoms with Crippen LogP contribution < -0.4 is 0 Å². The second-order valence-electron chi connectivity index (χ2n) is 5.91. The molecule has 0 bridgehead atoms. The maximum Gasteiger partial charge on any atom is 0.354 e. The molecule has 0 fully saturated rings. The maximum absolute atomic E-state index is 13.2. The number of hydrogen-bond donors (Lipinski definition) is 1. The summed E-state index contributed by atoms with van der Waals surface area (Å²) < 4.78 is 26.5. The third-order valence-electron chi connectivity index (χ3n) is 4.06. The third-order valence-corrected chi connectivity index (χ3v) is 4.06. The molecule has 0 unspecified atom stereocenters. The average molecular weight is 366 g/mol. The molecule has 27 heavy (non-hydrogen) atoms. The normalized spacial score (nSPS) is 16.1. The van der Waals surface area contributed by atoms with Crippen molar-refractivity contribution in [2.24, 2.45) is 9.98 Å². The summed E-state index contributed by atoms with van der Waals surface area (Å²) in [6, 6.07) is 11.9. The average Bonchev–Trinajstić information content (AvgIpc) is 2.66. The quantitative estimate of drug-likeness (QED) is 0.821. The van der Waals surface area contributed by atoms with Crippen molar-refractivity contribution in [2.75, 3.05) is 7.05 Å². The van der Waals surface area contributed by atoms with Gasteiger partial charge in [-0.2, -0.15) is 0 Å². The van der Waals surface area contributed by atoms with E-state index >= 15 is 0 Å². The molecule has 3 rings (SSSR count). The Bertz CT molecular complexity index is 986. The third kappa shape index (κ3) is 4.41. The van der Waals surface area contributed by atoms with Crippen molar-refractivity contribution in [2.45, 2.75) is 6.42 Å². The van der Waals surface area contributed by atoms with E-state index in [-0.39, 0.29) is 17.3 Å². The van der Waals surface area contributed by atoms with Gasteiger partial charge in [-0.25, -0.2) is 13.6 Å². The van der Waals surface area contributed by atoms with Crippen LogP contribution in [0.1, 0.15) is 17.5 Å². The van der Waals surface area contributed by atoms with E-state index in [1.807, 2.05) is 6.08 Å². The van der Waals surface area contributed by atoms with Gasteiger partial charge in [0.15, 0.2) is 0 Å². The summed E-state index contributed by atoms with van der Waals surface area (Å²) in [5.41, 5.74) is 3.27. The number of hydrogen-bond acceptors (Lipinski definition) is 3. The standard InChI is InChI=1S/C21H16F2N2O2/c1-24-20(21(26)27)12-18-10-15(13-2-6-16(22)7-3-13)11-19(25-18)14-4-8-17(23)9-5-14/h2-9,11-12H,10H2,1H3,(H,26,27)/b18-12+,24-20+.